The number of hydrogen-bond acceptors (Lipinski definition) is 2. The zero-order valence-corrected chi connectivity index (χ0v) is 7.68. The summed E-state index contributed by atoms with van der Waals surface area (Å²) in [5.41, 5.74) is -0.313. The summed E-state index contributed by atoms with van der Waals surface area (Å²) in [7, 11) is 0. The molecule has 0 spiro atoms. The average molecular weight is 173 g/mol. The van der Waals surface area contributed by atoms with Crippen LogP contribution in [0.3, 0.4) is 0 Å². The van der Waals surface area contributed by atoms with Gasteiger partial charge in [0.15, 0.2) is 0 Å². The highest BCUT2D eigenvalue weighted by molar-refractivity contribution is 5.93. The Labute approximate surface area is 72.0 Å². The predicted octanol–water partition coefficient (Wildman–Crippen LogP) is 0.766. The highest BCUT2D eigenvalue weighted by atomic mass is 16.4. The van der Waals surface area contributed by atoms with Gasteiger partial charge in [0.05, 0.1) is 0 Å². The largest absolute Gasteiger partial charge is 0.481 e. The molecule has 0 aliphatic carbocycles. The van der Waals surface area contributed by atoms with Crippen molar-refractivity contribution >= 4 is 11.9 Å². The lowest BCUT2D eigenvalue weighted by Gasteiger charge is -2.23. The summed E-state index contributed by atoms with van der Waals surface area (Å²) in [5.74, 6) is -1.53. The summed E-state index contributed by atoms with van der Waals surface area (Å²) in [6, 6.07) is 0. The number of rotatable bonds is 4. The van der Waals surface area contributed by atoms with Crippen molar-refractivity contribution in [1.29, 1.82) is 0 Å². The van der Waals surface area contributed by atoms with E-state index in [2.05, 4.69) is 5.32 Å². The minimum Gasteiger partial charge on any atom is -0.481 e. The van der Waals surface area contributed by atoms with Gasteiger partial charge in [-0.05, 0) is 20.3 Å². The number of carbonyl (C=O) groups is 2. The minimum absolute atomic E-state index is 0.313. The second-order valence-electron chi connectivity index (χ2n) is 3.36. The molecule has 1 amide bonds. The van der Waals surface area contributed by atoms with Gasteiger partial charge in [0.2, 0.25) is 5.91 Å². The third kappa shape index (κ3) is 4.71. The normalized spacial score (nSPS) is 10.9. The quantitative estimate of drug-likeness (QED) is 0.617. The number of amides is 1. The number of hydrogen-bond donors (Lipinski definition) is 2. The minimum atomic E-state index is -1.10. The highest BCUT2D eigenvalue weighted by Gasteiger charge is 2.18. The van der Waals surface area contributed by atoms with Crippen LogP contribution in [0.5, 0.6) is 0 Å². The van der Waals surface area contributed by atoms with Gasteiger partial charge >= 0.3 is 5.97 Å². The fraction of sp³-hybridized carbons (Fsp3) is 0.750. The molecule has 70 valence electrons. The molecular weight excluding hydrogens is 158 g/mol. The Hall–Kier alpha value is -1.06. The molecule has 0 aliphatic heterocycles. The second kappa shape index (κ2) is 4.09. The maximum absolute atomic E-state index is 10.9. The number of carbonyl (C=O) groups excluding carboxylic acids is 1. The van der Waals surface area contributed by atoms with Gasteiger partial charge in [-0.1, -0.05) is 6.92 Å². The fourth-order valence-corrected chi connectivity index (χ4v) is 0.647. The summed E-state index contributed by atoms with van der Waals surface area (Å²) >= 11 is 0. The maximum Gasteiger partial charge on any atom is 0.312 e. The summed E-state index contributed by atoms with van der Waals surface area (Å²) in [4.78, 5) is 21.1. The van der Waals surface area contributed by atoms with Gasteiger partial charge in [0.25, 0.3) is 0 Å². The van der Waals surface area contributed by atoms with Crippen molar-refractivity contribution in [2.45, 2.75) is 39.2 Å². The molecular formula is C8H15NO3. The van der Waals surface area contributed by atoms with Crippen LogP contribution < -0.4 is 5.32 Å². The first-order chi connectivity index (χ1) is 5.37. The van der Waals surface area contributed by atoms with Gasteiger partial charge in [0.1, 0.15) is 6.42 Å². The van der Waals surface area contributed by atoms with E-state index in [0.29, 0.717) is 0 Å². The van der Waals surface area contributed by atoms with Crippen LogP contribution in [0.15, 0.2) is 0 Å². The highest BCUT2D eigenvalue weighted by Crippen LogP contribution is 2.06. The molecule has 0 radical (unpaired) electrons. The van der Waals surface area contributed by atoms with Crippen molar-refractivity contribution in [2.24, 2.45) is 0 Å². The lowest BCUT2D eigenvalue weighted by Crippen LogP contribution is -2.43. The summed E-state index contributed by atoms with van der Waals surface area (Å²) in [6.45, 7) is 5.64. The van der Waals surface area contributed by atoms with Gasteiger partial charge in [0, 0.05) is 5.54 Å². The molecule has 0 rings (SSSR count). The van der Waals surface area contributed by atoms with Crippen molar-refractivity contribution in [1.82, 2.24) is 5.32 Å². The summed E-state index contributed by atoms with van der Waals surface area (Å²) in [6.07, 6.45) is 0.321. The van der Waals surface area contributed by atoms with Crippen molar-refractivity contribution in [3.8, 4) is 0 Å². The van der Waals surface area contributed by atoms with Crippen LogP contribution in [-0.4, -0.2) is 22.5 Å². The smallest absolute Gasteiger partial charge is 0.312 e. The average Bonchev–Trinajstić information content (AvgIpc) is 1.84. The van der Waals surface area contributed by atoms with E-state index in [4.69, 9.17) is 5.11 Å². The molecule has 0 aromatic carbocycles. The second-order valence-corrected chi connectivity index (χ2v) is 3.36. The lowest BCUT2D eigenvalue weighted by molar-refractivity contribution is -0.141. The molecule has 0 saturated carbocycles. The van der Waals surface area contributed by atoms with Crippen molar-refractivity contribution in [3.05, 3.63) is 0 Å². The van der Waals surface area contributed by atoms with E-state index in [1.165, 1.54) is 0 Å². The molecule has 2 N–H and O–H groups in total. The Kier molecular flexibility index (Phi) is 3.73. The van der Waals surface area contributed by atoms with E-state index in [0.717, 1.165) is 6.42 Å². The topological polar surface area (TPSA) is 66.4 Å². The molecule has 0 fully saturated rings. The first kappa shape index (κ1) is 10.9. The van der Waals surface area contributed by atoms with E-state index in [1.54, 1.807) is 0 Å². The van der Waals surface area contributed by atoms with Gasteiger partial charge < -0.3 is 10.4 Å². The lowest BCUT2D eigenvalue weighted by atomic mass is 10.0. The molecule has 0 heterocycles. The van der Waals surface area contributed by atoms with Gasteiger partial charge in [-0.2, -0.15) is 0 Å². The Bertz CT molecular complexity index is 187. The zero-order chi connectivity index (χ0) is 9.78. The Balaban J connectivity index is 3.92. The number of nitrogens with one attached hydrogen (secondary N) is 1. The van der Waals surface area contributed by atoms with Crippen LogP contribution in [0.2, 0.25) is 0 Å². The number of carboxylic acid groups (broad SMARTS) is 1. The Morgan fingerprint density at radius 1 is 1.42 bits per heavy atom. The molecule has 0 unspecified atom stereocenters. The molecule has 0 atom stereocenters. The van der Waals surface area contributed by atoms with Crippen LogP contribution in [0.1, 0.15) is 33.6 Å². The fourth-order valence-electron chi connectivity index (χ4n) is 0.647. The third-order valence-corrected chi connectivity index (χ3v) is 1.67. The molecule has 0 aliphatic rings. The molecule has 4 nitrogen and oxygen atoms in total. The maximum atomic E-state index is 10.9. The summed E-state index contributed by atoms with van der Waals surface area (Å²) < 4.78 is 0. The molecule has 12 heavy (non-hydrogen) atoms. The number of carboxylic acids is 1. The van der Waals surface area contributed by atoms with Crippen LogP contribution in [-0.2, 0) is 9.59 Å². The third-order valence-electron chi connectivity index (χ3n) is 1.67. The first-order valence-electron chi connectivity index (χ1n) is 3.90. The standard InChI is InChI=1S/C8H15NO3/c1-4-8(2,3)9-6(10)5-7(11)12/h4-5H2,1-3H3,(H,9,10)(H,11,12). The van der Waals surface area contributed by atoms with Gasteiger partial charge in [-0.25, -0.2) is 0 Å². The Morgan fingerprint density at radius 2 is 1.92 bits per heavy atom. The van der Waals surface area contributed by atoms with Crippen molar-refractivity contribution in [2.75, 3.05) is 0 Å². The van der Waals surface area contributed by atoms with Crippen LogP contribution in [0.4, 0.5) is 0 Å². The van der Waals surface area contributed by atoms with E-state index >= 15 is 0 Å². The molecule has 4 heteroatoms. The van der Waals surface area contributed by atoms with Crippen LogP contribution in [0.25, 0.3) is 0 Å². The summed E-state index contributed by atoms with van der Waals surface area (Å²) in [5, 5.41) is 10.9. The van der Waals surface area contributed by atoms with Crippen LogP contribution in [0, 0.1) is 0 Å². The molecule has 0 saturated heterocycles. The number of aliphatic carboxylic acids is 1. The van der Waals surface area contributed by atoms with Crippen molar-refractivity contribution < 1.29 is 14.7 Å². The van der Waals surface area contributed by atoms with Crippen LogP contribution >= 0.6 is 0 Å². The van der Waals surface area contributed by atoms with E-state index in [9.17, 15) is 9.59 Å². The first-order valence-corrected chi connectivity index (χ1v) is 3.90. The van der Waals surface area contributed by atoms with E-state index in [-0.39, 0.29) is 5.54 Å². The van der Waals surface area contributed by atoms with E-state index in [1.807, 2.05) is 20.8 Å². The van der Waals surface area contributed by atoms with Gasteiger partial charge in [-0.3, -0.25) is 9.59 Å². The predicted molar refractivity (Wildman–Crippen MR) is 44.8 cm³/mol. The Morgan fingerprint density at radius 3 is 2.25 bits per heavy atom. The SMILES string of the molecule is CCC(C)(C)NC(=O)CC(=O)O. The zero-order valence-electron chi connectivity index (χ0n) is 7.68. The molecule has 0 aromatic rings. The molecule has 0 aromatic heterocycles. The van der Waals surface area contributed by atoms with Gasteiger partial charge in [-0.15, -0.1) is 0 Å². The monoisotopic (exact) mass is 173 g/mol. The van der Waals surface area contributed by atoms with E-state index < -0.39 is 18.3 Å². The molecule has 0 bridgehead atoms. The van der Waals surface area contributed by atoms with Crippen molar-refractivity contribution in [3.63, 3.8) is 0 Å².